The van der Waals surface area contributed by atoms with Crippen LogP contribution >= 0.6 is 0 Å². The molecule has 110 valence electrons. The zero-order valence-corrected chi connectivity index (χ0v) is 12.0. The molecule has 20 heavy (non-hydrogen) atoms. The third kappa shape index (κ3) is 4.28. The second-order valence-electron chi connectivity index (χ2n) is 5.33. The van der Waals surface area contributed by atoms with E-state index in [4.69, 9.17) is 4.74 Å². The van der Waals surface area contributed by atoms with Crippen molar-refractivity contribution < 1.29 is 13.9 Å². The number of hydrogen-bond donors (Lipinski definition) is 0. The molecule has 1 aromatic rings. The molecular formula is C15H21FN2O2. The fourth-order valence-corrected chi connectivity index (χ4v) is 2.30. The van der Waals surface area contributed by atoms with Gasteiger partial charge >= 0.3 is 5.97 Å². The van der Waals surface area contributed by atoms with E-state index in [1.54, 1.807) is 6.07 Å². The number of ether oxygens (including phenoxy) is 1. The molecule has 0 N–H and O–H groups in total. The summed E-state index contributed by atoms with van der Waals surface area (Å²) in [5, 5.41) is 0. The SMILES string of the molecule is C[C@H](CN1CCN(C)CC1)OC(=O)c1cccc(F)c1. The summed E-state index contributed by atoms with van der Waals surface area (Å²) in [5.41, 5.74) is 0.259. The minimum absolute atomic E-state index is 0.200. The highest BCUT2D eigenvalue weighted by molar-refractivity contribution is 5.89. The summed E-state index contributed by atoms with van der Waals surface area (Å²) in [5.74, 6) is -0.891. The highest BCUT2D eigenvalue weighted by Gasteiger charge is 2.19. The number of rotatable bonds is 4. The molecule has 0 bridgehead atoms. The molecule has 1 saturated heterocycles. The van der Waals surface area contributed by atoms with E-state index in [9.17, 15) is 9.18 Å². The number of benzene rings is 1. The lowest BCUT2D eigenvalue weighted by atomic mass is 10.2. The maximum Gasteiger partial charge on any atom is 0.338 e. The molecule has 0 unspecified atom stereocenters. The van der Waals surface area contributed by atoms with E-state index in [-0.39, 0.29) is 11.7 Å². The molecule has 5 heteroatoms. The average Bonchev–Trinajstić information content (AvgIpc) is 2.41. The molecule has 1 aliphatic rings. The predicted octanol–water partition coefficient (Wildman–Crippen LogP) is 1.62. The Bertz CT molecular complexity index is 459. The van der Waals surface area contributed by atoms with Crippen LogP contribution < -0.4 is 0 Å². The first-order chi connectivity index (χ1) is 9.54. The van der Waals surface area contributed by atoms with Gasteiger partial charge in [0.25, 0.3) is 0 Å². The van der Waals surface area contributed by atoms with Crippen molar-refractivity contribution in [3.8, 4) is 0 Å². The lowest BCUT2D eigenvalue weighted by Crippen LogP contribution is -2.47. The molecule has 0 spiro atoms. The Morgan fingerprint density at radius 3 is 2.70 bits per heavy atom. The van der Waals surface area contributed by atoms with Crippen LogP contribution in [0, 0.1) is 5.82 Å². The van der Waals surface area contributed by atoms with Crippen molar-refractivity contribution in [2.45, 2.75) is 13.0 Å². The Kier molecular flexibility index (Phi) is 5.09. The zero-order chi connectivity index (χ0) is 14.5. The van der Waals surface area contributed by atoms with E-state index in [1.807, 2.05) is 6.92 Å². The van der Waals surface area contributed by atoms with Gasteiger partial charge in [0.15, 0.2) is 0 Å². The van der Waals surface area contributed by atoms with Crippen LogP contribution in [0.2, 0.25) is 0 Å². The number of hydrogen-bond acceptors (Lipinski definition) is 4. The second-order valence-corrected chi connectivity index (χ2v) is 5.33. The van der Waals surface area contributed by atoms with Gasteiger partial charge in [-0.2, -0.15) is 0 Å². The quantitative estimate of drug-likeness (QED) is 0.785. The van der Waals surface area contributed by atoms with E-state index in [0.717, 1.165) is 32.7 Å². The monoisotopic (exact) mass is 280 g/mol. The molecule has 1 heterocycles. The summed E-state index contributed by atoms with van der Waals surface area (Å²) in [4.78, 5) is 16.4. The first-order valence-corrected chi connectivity index (χ1v) is 6.92. The second kappa shape index (κ2) is 6.81. The van der Waals surface area contributed by atoms with Gasteiger partial charge in [0, 0.05) is 32.7 Å². The van der Waals surface area contributed by atoms with Gasteiger partial charge in [-0.25, -0.2) is 9.18 Å². The van der Waals surface area contributed by atoms with Gasteiger partial charge in [0.2, 0.25) is 0 Å². The van der Waals surface area contributed by atoms with Crippen LogP contribution in [0.25, 0.3) is 0 Å². The molecule has 0 aliphatic carbocycles. The molecule has 1 aromatic carbocycles. The maximum atomic E-state index is 13.1. The molecular weight excluding hydrogens is 259 g/mol. The van der Waals surface area contributed by atoms with Crippen LogP contribution in [0.4, 0.5) is 4.39 Å². The topological polar surface area (TPSA) is 32.8 Å². The number of piperazine rings is 1. The normalized spacial score (nSPS) is 18.8. The molecule has 0 aromatic heterocycles. The van der Waals surface area contributed by atoms with Crippen molar-refractivity contribution in [3.05, 3.63) is 35.6 Å². The Morgan fingerprint density at radius 2 is 2.05 bits per heavy atom. The largest absolute Gasteiger partial charge is 0.458 e. The minimum Gasteiger partial charge on any atom is -0.458 e. The number of esters is 1. The van der Waals surface area contributed by atoms with Crippen molar-refractivity contribution in [2.24, 2.45) is 0 Å². The van der Waals surface area contributed by atoms with E-state index in [0.29, 0.717) is 0 Å². The molecule has 1 fully saturated rings. The Hall–Kier alpha value is -1.46. The van der Waals surface area contributed by atoms with E-state index < -0.39 is 11.8 Å². The van der Waals surface area contributed by atoms with Gasteiger partial charge in [-0.15, -0.1) is 0 Å². The third-order valence-electron chi connectivity index (χ3n) is 3.48. The fraction of sp³-hybridized carbons (Fsp3) is 0.533. The smallest absolute Gasteiger partial charge is 0.338 e. The van der Waals surface area contributed by atoms with Crippen LogP contribution in [0.3, 0.4) is 0 Å². The highest BCUT2D eigenvalue weighted by Crippen LogP contribution is 2.08. The molecule has 0 radical (unpaired) electrons. The van der Waals surface area contributed by atoms with Gasteiger partial charge < -0.3 is 9.64 Å². The van der Waals surface area contributed by atoms with Crippen molar-refractivity contribution in [3.63, 3.8) is 0 Å². The van der Waals surface area contributed by atoms with Crippen LogP contribution in [0.1, 0.15) is 17.3 Å². The summed E-state index contributed by atoms with van der Waals surface area (Å²) < 4.78 is 18.4. The summed E-state index contributed by atoms with van der Waals surface area (Å²) in [7, 11) is 2.10. The Labute approximate surface area is 119 Å². The van der Waals surface area contributed by atoms with Gasteiger partial charge in [0.1, 0.15) is 11.9 Å². The Morgan fingerprint density at radius 1 is 1.35 bits per heavy atom. The van der Waals surface area contributed by atoms with Gasteiger partial charge in [-0.05, 0) is 32.2 Å². The van der Waals surface area contributed by atoms with Crippen LogP contribution in [0.15, 0.2) is 24.3 Å². The van der Waals surface area contributed by atoms with Crippen LogP contribution in [0.5, 0.6) is 0 Å². The van der Waals surface area contributed by atoms with Crippen molar-refractivity contribution in [1.29, 1.82) is 0 Å². The zero-order valence-electron chi connectivity index (χ0n) is 12.0. The Balaban J connectivity index is 1.82. The van der Waals surface area contributed by atoms with E-state index >= 15 is 0 Å². The molecule has 2 rings (SSSR count). The first-order valence-electron chi connectivity index (χ1n) is 6.92. The number of nitrogens with zero attached hydrogens (tertiary/aromatic N) is 2. The molecule has 1 atom stereocenters. The molecule has 4 nitrogen and oxygen atoms in total. The average molecular weight is 280 g/mol. The summed E-state index contributed by atoms with van der Waals surface area (Å²) >= 11 is 0. The standard InChI is InChI=1S/C15H21FN2O2/c1-12(11-18-8-6-17(2)7-9-18)20-15(19)13-4-3-5-14(16)10-13/h3-5,10,12H,6-9,11H2,1-2H3/t12-/m1/s1. The fourth-order valence-electron chi connectivity index (χ4n) is 2.30. The van der Waals surface area contributed by atoms with Crippen molar-refractivity contribution >= 4 is 5.97 Å². The number of carbonyl (C=O) groups is 1. The van der Waals surface area contributed by atoms with E-state index in [2.05, 4.69) is 16.8 Å². The van der Waals surface area contributed by atoms with E-state index in [1.165, 1.54) is 18.2 Å². The predicted molar refractivity (Wildman–Crippen MR) is 75.2 cm³/mol. The number of likely N-dealkylation sites (N-methyl/N-ethyl adjacent to an activating group) is 1. The number of carbonyl (C=O) groups excluding carboxylic acids is 1. The van der Waals surface area contributed by atoms with Crippen molar-refractivity contribution in [1.82, 2.24) is 9.80 Å². The van der Waals surface area contributed by atoms with Gasteiger partial charge in [0.05, 0.1) is 5.56 Å². The molecule has 1 aliphatic heterocycles. The number of halogens is 1. The van der Waals surface area contributed by atoms with Crippen LogP contribution in [-0.2, 0) is 4.74 Å². The summed E-state index contributed by atoms with van der Waals surface area (Å²) in [6.07, 6.45) is -0.200. The maximum absolute atomic E-state index is 13.1. The molecule has 0 amide bonds. The summed E-state index contributed by atoms with van der Waals surface area (Å²) in [6, 6.07) is 5.58. The summed E-state index contributed by atoms with van der Waals surface area (Å²) in [6.45, 7) is 6.62. The minimum atomic E-state index is -0.467. The lowest BCUT2D eigenvalue weighted by molar-refractivity contribution is 0.0207. The molecule has 0 saturated carbocycles. The lowest BCUT2D eigenvalue weighted by Gasteiger charge is -2.33. The first kappa shape index (κ1) is 14.9. The van der Waals surface area contributed by atoms with Crippen molar-refractivity contribution in [2.75, 3.05) is 39.8 Å². The van der Waals surface area contributed by atoms with Gasteiger partial charge in [-0.3, -0.25) is 4.90 Å². The van der Waals surface area contributed by atoms with Gasteiger partial charge in [-0.1, -0.05) is 6.07 Å². The highest BCUT2D eigenvalue weighted by atomic mass is 19.1. The third-order valence-corrected chi connectivity index (χ3v) is 3.48. The van der Waals surface area contributed by atoms with Crippen LogP contribution in [-0.4, -0.2) is 61.6 Å².